The van der Waals surface area contributed by atoms with Crippen molar-refractivity contribution in [1.82, 2.24) is 0 Å². The number of phenols is 1. The summed E-state index contributed by atoms with van der Waals surface area (Å²) in [4.78, 5) is 0. The van der Waals surface area contributed by atoms with Crippen LogP contribution in [0.3, 0.4) is 0 Å². The van der Waals surface area contributed by atoms with Gasteiger partial charge in [0.1, 0.15) is 5.75 Å². The number of hydrogen-bond donors (Lipinski definition) is 2. The lowest BCUT2D eigenvalue weighted by molar-refractivity contribution is -0.225. The molecule has 0 aliphatic rings. The Morgan fingerprint density at radius 1 is 0.941 bits per heavy atom. The molecule has 0 saturated heterocycles. The minimum Gasteiger partial charge on any atom is -0.508 e. The summed E-state index contributed by atoms with van der Waals surface area (Å²) in [5.74, 6) is -0.976. The van der Waals surface area contributed by atoms with Gasteiger partial charge >= 0.3 is 10.8 Å². The van der Waals surface area contributed by atoms with E-state index in [4.69, 9.17) is 0 Å². The second kappa shape index (κ2) is 4.19. The third-order valence-corrected chi connectivity index (χ3v) is 2.66. The second-order valence-electron chi connectivity index (χ2n) is 3.22. The van der Waals surface area contributed by atoms with Crippen molar-refractivity contribution in [1.29, 1.82) is 0 Å². The summed E-state index contributed by atoms with van der Waals surface area (Å²) >= 11 is 8.95. The van der Waals surface area contributed by atoms with Crippen molar-refractivity contribution in [3.8, 4) is 5.75 Å². The van der Waals surface area contributed by atoms with Gasteiger partial charge in [-0.05, 0) is 29.3 Å². The number of benzene rings is 1. The molecule has 96 valence electrons. The number of halogens is 6. The van der Waals surface area contributed by atoms with Crippen LogP contribution in [0.4, 0.5) is 17.6 Å². The first kappa shape index (κ1) is 14.3. The van der Waals surface area contributed by atoms with Crippen molar-refractivity contribution in [2.24, 2.45) is 0 Å². The van der Waals surface area contributed by atoms with E-state index in [1.807, 2.05) is 0 Å². The molecule has 0 amide bonds. The lowest BCUT2D eigenvalue weighted by atomic mass is 9.93. The highest BCUT2D eigenvalue weighted by molar-refractivity contribution is 6.26. The average Bonchev–Trinajstić information content (AvgIpc) is 2.13. The smallest absolute Gasteiger partial charge is 0.361 e. The third-order valence-electron chi connectivity index (χ3n) is 2.11. The molecule has 0 aromatic heterocycles. The van der Waals surface area contributed by atoms with Gasteiger partial charge in [0, 0.05) is 5.56 Å². The van der Waals surface area contributed by atoms with Crippen LogP contribution < -0.4 is 0 Å². The first-order valence-corrected chi connectivity index (χ1v) is 4.91. The topological polar surface area (TPSA) is 40.5 Å². The fourth-order valence-corrected chi connectivity index (χ4v) is 1.74. The number of phenolic OH excluding ortho intramolecular Hbond substituents is 1. The molecule has 1 rings (SSSR count). The van der Waals surface area contributed by atoms with Crippen LogP contribution in [-0.4, -0.2) is 21.0 Å². The predicted octanol–water partition coefficient (Wildman–Crippen LogP) is 3.24. The Balaban J connectivity index is 3.53. The molecule has 1 aromatic carbocycles. The van der Waals surface area contributed by atoms with Crippen molar-refractivity contribution in [2.75, 3.05) is 0 Å². The van der Waals surface area contributed by atoms with Crippen LogP contribution in [0, 0.1) is 0 Å². The van der Waals surface area contributed by atoms with Gasteiger partial charge in [-0.2, -0.15) is 17.6 Å². The molecule has 0 saturated carbocycles. The number of aliphatic hydroxyl groups is 1. The zero-order valence-electron chi connectivity index (χ0n) is 7.97. The van der Waals surface area contributed by atoms with Crippen LogP contribution in [0.2, 0.25) is 0 Å². The molecule has 0 aliphatic carbocycles. The van der Waals surface area contributed by atoms with E-state index in [2.05, 4.69) is 23.2 Å². The molecule has 0 fully saturated rings. The van der Waals surface area contributed by atoms with Gasteiger partial charge in [0.05, 0.1) is 0 Å². The fraction of sp³-hybridized carbons (Fsp3) is 0.333. The van der Waals surface area contributed by atoms with E-state index in [1.54, 1.807) is 0 Å². The number of alkyl halides is 6. The molecule has 0 atom stereocenters. The van der Waals surface area contributed by atoms with Crippen molar-refractivity contribution in [3.05, 3.63) is 29.8 Å². The Labute approximate surface area is 103 Å². The van der Waals surface area contributed by atoms with Crippen molar-refractivity contribution >= 4 is 23.2 Å². The van der Waals surface area contributed by atoms with Gasteiger partial charge in [0.25, 0.3) is 5.60 Å². The molecule has 1 aromatic rings. The highest BCUT2D eigenvalue weighted by Crippen LogP contribution is 2.54. The lowest BCUT2D eigenvalue weighted by Crippen LogP contribution is -2.52. The average molecular weight is 293 g/mol. The Hall–Kier alpha value is -0.720. The largest absolute Gasteiger partial charge is 0.508 e. The number of hydrogen-bond acceptors (Lipinski definition) is 2. The van der Waals surface area contributed by atoms with Crippen LogP contribution in [0.15, 0.2) is 24.3 Å². The molecule has 0 aliphatic heterocycles. The van der Waals surface area contributed by atoms with E-state index in [-0.39, 0.29) is 0 Å². The second-order valence-corrected chi connectivity index (χ2v) is 4.17. The normalized spacial score (nSPS) is 13.8. The summed E-state index contributed by atoms with van der Waals surface area (Å²) in [5, 5.41) is 9.08. The van der Waals surface area contributed by atoms with E-state index in [1.165, 1.54) is 6.07 Å². The van der Waals surface area contributed by atoms with Gasteiger partial charge in [0.15, 0.2) is 0 Å². The SMILES string of the molecule is Oc1ccccc1C(O)(C(F)(F)Cl)C(F)(F)Cl. The van der Waals surface area contributed by atoms with Crippen molar-refractivity contribution < 1.29 is 27.8 Å². The first-order valence-electron chi connectivity index (χ1n) is 4.16. The third kappa shape index (κ3) is 2.29. The van der Waals surface area contributed by atoms with Crippen molar-refractivity contribution in [2.45, 2.75) is 16.4 Å². The lowest BCUT2D eigenvalue weighted by Gasteiger charge is -2.35. The van der Waals surface area contributed by atoms with E-state index in [0.29, 0.717) is 6.07 Å². The fourth-order valence-electron chi connectivity index (χ4n) is 1.25. The maximum atomic E-state index is 13.0. The Morgan fingerprint density at radius 3 is 1.71 bits per heavy atom. The predicted molar refractivity (Wildman–Crippen MR) is 53.6 cm³/mol. The molecule has 0 radical (unpaired) electrons. The molecule has 0 spiro atoms. The van der Waals surface area contributed by atoms with Crippen LogP contribution >= 0.6 is 23.2 Å². The zero-order chi connectivity index (χ0) is 13.5. The molecule has 17 heavy (non-hydrogen) atoms. The maximum absolute atomic E-state index is 13.0. The summed E-state index contributed by atoms with van der Waals surface area (Å²) in [6.07, 6.45) is 0. The summed E-state index contributed by atoms with van der Waals surface area (Å²) in [7, 11) is 0. The van der Waals surface area contributed by atoms with Gasteiger partial charge in [-0.15, -0.1) is 0 Å². The molecule has 0 bridgehead atoms. The number of aromatic hydroxyl groups is 1. The molecule has 0 unspecified atom stereocenters. The zero-order valence-corrected chi connectivity index (χ0v) is 9.48. The van der Waals surface area contributed by atoms with E-state index >= 15 is 0 Å². The van der Waals surface area contributed by atoms with Crippen LogP contribution in [-0.2, 0) is 5.60 Å². The standard InChI is InChI=1S/C9H6Cl2F4O2/c10-8(12,13)7(17,9(11,14)15)5-3-1-2-4-6(5)16/h1-4,16-17H. The van der Waals surface area contributed by atoms with Gasteiger partial charge < -0.3 is 10.2 Å². The summed E-state index contributed by atoms with van der Waals surface area (Å²) in [6.45, 7) is 0. The first-order chi connectivity index (χ1) is 7.52. The summed E-state index contributed by atoms with van der Waals surface area (Å²) in [5.41, 5.74) is -5.39. The molecular formula is C9H6Cl2F4O2. The monoisotopic (exact) mass is 292 g/mol. The highest BCUT2D eigenvalue weighted by Gasteiger charge is 2.68. The quantitative estimate of drug-likeness (QED) is 0.663. The van der Waals surface area contributed by atoms with E-state index in [0.717, 1.165) is 12.1 Å². The molecule has 8 heteroatoms. The number of rotatable bonds is 3. The van der Waals surface area contributed by atoms with Crippen LogP contribution in [0.1, 0.15) is 5.56 Å². The van der Waals surface area contributed by atoms with E-state index < -0.39 is 27.7 Å². The molecule has 2 nitrogen and oxygen atoms in total. The van der Waals surface area contributed by atoms with Crippen LogP contribution in [0.25, 0.3) is 0 Å². The summed E-state index contributed by atoms with van der Waals surface area (Å²) < 4.78 is 51.9. The highest BCUT2D eigenvalue weighted by atomic mass is 35.5. The molecular weight excluding hydrogens is 287 g/mol. The maximum Gasteiger partial charge on any atom is 0.361 e. The van der Waals surface area contributed by atoms with Crippen LogP contribution in [0.5, 0.6) is 5.75 Å². The Kier molecular flexibility index (Phi) is 3.53. The van der Waals surface area contributed by atoms with Gasteiger partial charge in [0.2, 0.25) is 0 Å². The van der Waals surface area contributed by atoms with Gasteiger partial charge in [-0.1, -0.05) is 18.2 Å². The molecule has 0 heterocycles. The molecule has 2 N–H and O–H groups in total. The number of para-hydroxylation sites is 1. The van der Waals surface area contributed by atoms with Crippen molar-refractivity contribution in [3.63, 3.8) is 0 Å². The van der Waals surface area contributed by atoms with Gasteiger partial charge in [-0.25, -0.2) is 0 Å². The Bertz CT molecular complexity index is 400. The Morgan fingerprint density at radius 2 is 1.35 bits per heavy atom. The summed E-state index contributed by atoms with van der Waals surface area (Å²) in [6, 6.07) is 3.76. The van der Waals surface area contributed by atoms with Gasteiger partial charge in [-0.3, -0.25) is 0 Å². The van der Waals surface area contributed by atoms with E-state index in [9.17, 15) is 27.8 Å². The minimum absolute atomic E-state index is 0.669. The minimum atomic E-state index is -4.78.